The molecule has 0 aliphatic heterocycles. The van der Waals surface area contributed by atoms with Crippen LogP contribution in [0, 0.1) is 5.92 Å². The fourth-order valence-corrected chi connectivity index (χ4v) is 2.46. The lowest BCUT2D eigenvalue weighted by atomic mass is 10.2. The van der Waals surface area contributed by atoms with Gasteiger partial charge < -0.3 is 5.11 Å². The van der Waals surface area contributed by atoms with Gasteiger partial charge in [0.15, 0.2) is 0 Å². The van der Waals surface area contributed by atoms with E-state index in [4.69, 9.17) is 16.7 Å². The van der Waals surface area contributed by atoms with Gasteiger partial charge in [0.1, 0.15) is 6.04 Å². The van der Waals surface area contributed by atoms with Crippen molar-refractivity contribution in [3.8, 4) is 0 Å². The molecule has 1 saturated carbocycles. The molecule has 6 heteroatoms. The monoisotopic (exact) mass is 271 g/mol. The number of hydrogen-bond donors (Lipinski definition) is 2. The van der Waals surface area contributed by atoms with Crippen molar-refractivity contribution in [1.29, 1.82) is 0 Å². The molecule has 0 aromatic carbocycles. The molecule has 0 radical (unpaired) electrons. The maximum Gasteiger partial charge on any atom is 0.320 e. The summed E-state index contributed by atoms with van der Waals surface area (Å²) in [5.41, 5.74) is 1.70. The summed E-state index contributed by atoms with van der Waals surface area (Å²) in [6, 6.07) is -0.471. The average Bonchev–Trinajstić information content (AvgIpc) is 3.10. The van der Waals surface area contributed by atoms with Crippen LogP contribution in [-0.4, -0.2) is 26.9 Å². The first kappa shape index (κ1) is 13.4. The second kappa shape index (κ2) is 5.28. The van der Waals surface area contributed by atoms with Crippen LogP contribution in [-0.2, 0) is 24.8 Å². The number of carboxylic acid groups (broad SMARTS) is 1. The minimum Gasteiger partial charge on any atom is -0.480 e. The fraction of sp³-hybridized carbons (Fsp3) is 0.667. The van der Waals surface area contributed by atoms with Gasteiger partial charge in [-0.1, -0.05) is 18.5 Å². The quantitative estimate of drug-likeness (QED) is 0.825. The minimum atomic E-state index is -0.786. The lowest BCUT2D eigenvalue weighted by Crippen LogP contribution is -2.38. The lowest BCUT2D eigenvalue weighted by molar-refractivity contribution is -0.140. The maximum absolute atomic E-state index is 11.1. The molecule has 0 bridgehead atoms. The topological polar surface area (TPSA) is 67.2 Å². The fourth-order valence-electron chi connectivity index (χ4n) is 2.10. The van der Waals surface area contributed by atoms with Gasteiger partial charge in [0.05, 0.1) is 16.4 Å². The highest BCUT2D eigenvalue weighted by Gasteiger charge is 2.36. The third kappa shape index (κ3) is 2.67. The Morgan fingerprint density at radius 1 is 1.67 bits per heavy atom. The summed E-state index contributed by atoms with van der Waals surface area (Å²) in [5, 5.41) is 17.2. The van der Waals surface area contributed by atoms with Gasteiger partial charge in [0.25, 0.3) is 0 Å². The maximum atomic E-state index is 11.1. The molecule has 1 unspecified atom stereocenters. The highest BCUT2D eigenvalue weighted by Crippen LogP contribution is 2.33. The van der Waals surface area contributed by atoms with E-state index in [2.05, 4.69) is 10.4 Å². The molecule has 0 amide bonds. The number of aryl methyl sites for hydroxylation is 2. The third-order valence-electron chi connectivity index (χ3n) is 3.35. The van der Waals surface area contributed by atoms with Crippen LogP contribution in [0.5, 0.6) is 0 Å². The number of carbonyl (C=O) groups is 1. The van der Waals surface area contributed by atoms with Crippen molar-refractivity contribution >= 4 is 17.6 Å². The first-order valence-corrected chi connectivity index (χ1v) is 6.58. The Hall–Kier alpha value is -1.07. The molecule has 18 heavy (non-hydrogen) atoms. The molecule has 2 N–H and O–H groups in total. The highest BCUT2D eigenvalue weighted by atomic mass is 35.5. The summed E-state index contributed by atoms with van der Waals surface area (Å²) in [5.74, 6) is -0.522. The van der Waals surface area contributed by atoms with E-state index in [1.807, 2.05) is 14.0 Å². The number of nitrogens with one attached hydrogen (secondary N) is 1. The van der Waals surface area contributed by atoms with E-state index in [0.29, 0.717) is 11.6 Å². The molecule has 1 aliphatic rings. The van der Waals surface area contributed by atoms with Gasteiger partial charge in [-0.25, -0.2) is 0 Å². The molecule has 100 valence electrons. The van der Waals surface area contributed by atoms with E-state index >= 15 is 0 Å². The van der Waals surface area contributed by atoms with Gasteiger partial charge in [-0.05, 0) is 25.2 Å². The normalized spacial score (nSPS) is 16.8. The Kier molecular flexibility index (Phi) is 3.92. The second-order valence-corrected chi connectivity index (χ2v) is 5.10. The van der Waals surface area contributed by atoms with Crippen LogP contribution in [0.3, 0.4) is 0 Å². The zero-order valence-electron chi connectivity index (χ0n) is 10.6. The van der Waals surface area contributed by atoms with E-state index in [1.54, 1.807) is 4.68 Å². The number of hydrogen-bond acceptors (Lipinski definition) is 3. The Balaban J connectivity index is 2.05. The summed E-state index contributed by atoms with van der Waals surface area (Å²) >= 11 is 6.22. The molecule has 0 saturated heterocycles. The number of nitrogens with zero attached hydrogens (tertiary/aromatic N) is 2. The van der Waals surface area contributed by atoms with E-state index < -0.39 is 12.0 Å². The van der Waals surface area contributed by atoms with Crippen LogP contribution in [0.1, 0.15) is 31.2 Å². The van der Waals surface area contributed by atoms with Crippen LogP contribution >= 0.6 is 11.6 Å². The van der Waals surface area contributed by atoms with Gasteiger partial charge in [-0.15, -0.1) is 0 Å². The van der Waals surface area contributed by atoms with E-state index in [-0.39, 0.29) is 5.92 Å². The van der Waals surface area contributed by atoms with Crippen molar-refractivity contribution in [3.63, 3.8) is 0 Å². The standard InChI is InChI=1S/C12H18ClN3O2/c1-3-8-10(13)9(16(2)15-8)6-14-11(12(17)18)7-4-5-7/h7,11,14H,3-6H2,1-2H3,(H,17,18). The van der Waals surface area contributed by atoms with Crippen molar-refractivity contribution in [1.82, 2.24) is 15.1 Å². The van der Waals surface area contributed by atoms with Crippen molar-refractivity contribution in [2.45, 2.75) is 38.8 Å². The number of aliphatic carboxylic acids is 1. The molecular weight excluding hydrogens is 254 g/mol. The van der Waals surface area contributed by atoms with Crippen molar-refractivity contribution < 1.29 is 9.90 Å². The predicted octanol–water partition coefficient (Wildman–Crippen LogP) is 1.59. The highest BCUT2D eigenvalue weighted by molar-refractivity contribution is 6.31. The van der Waals surface area contributed by atoms with Crippen LogP contribution in [0.4, 0.5) is 0 Å². The second-order valence-electron chi connectivity index (χ2n) is 4.72. The summed E-state index contributed by atoms with van der Waals surface area (Å²) in [6.45, 7) is 2.44. The Morgan fingerprint density at radius 3 is 2.78 bits per heavy atom. The molecule has 1 aromatic rings. The van der Waals surface area contributed by atoms with Crippen LogP contribution in [0.15, 0.2) is 0 Å². The number of aromatic nitrogens is 2. The van der Waals surface area contributed by atoms with Gasteiger partial charge in [-0.2, -0.15) is 5.10 Å². The van der Waals surface area contributed by atoms with Gasteiger partial charge in [0, 0.05) is 13.6 Å². The summed E-state index contributed by atoms with van der Waals surface area (Å²) in [4.78, 5) is 11.1. The van der Waals surface area contributed by atoms with Gasteiger partial charge in [-0.3, -0.25) is 14.8 Å². The van der Waals surface area contributed by atoms with Crippen LogP contribution < -0.4 is 5.32 Å². The molecule has 2 rings (SSSR count). The zero-order chi connectivity index (χ0) is 13.3. The zero-order valence-corrected chi connectivity index (χ0v) is 11.4. The SMILES string of the molecule is CCc1nn(C)c(CNC(C(=O)O)C2CC2)c1Cl. The van der Waals surface area contributed by atoms with E-state index in [9.17, 15) is 4.79 Å². The van der Waals surface area contributed by atoms with Crippen molar-refractivity contribution in [2.75, 3.05) is 0 Å². The predicted molar refractivity (Wildman–Crippen MR) is 68.6 cm³/mol. The minimum absolute atomic E-state index is 0.264. The smallest absolute Gasteiger partial charge is 0.320 e. The number of rotatable bonds is 6. The average molecular weight is 272 g/mol. The lowest BCUT2D eigenvalue weighted by Gasteiger charge is -2.13. The third-order valence-corrected chi connectivity index (χ3v) is 3.79. The Bertz CT molecular complexity index is 454. The first-order valence-electron chi connectivity index (χ1n) is 6.21. The number of halogens is 1. The van der Waals surface area contributed by atoms with E-state index in [0.717, 1.165) is 30.7 Å². The molecule has 1 fully saturated rings. The first-order chi connectivity index (χ1) is 8.54. The molecule has 1 aliphatic carbocycles. The molecule has 5 nitrogen and oxygen atoms in total. The number of carboxylic acids is 1. The van der Waals surface area contributed by atoms with Crippen LogP contribution in [0.25, 0.3) is 0 Å². The van der Waals surface area contributed by atoms with Crippen molar-refractivity contribution in [3.05, 3.63) is 16.4 Å². The molecule has 1 atom stereocenters. The van der Waals surface area contributed by atoms with Gasteiger partial charge in [0.2, 0.25) is 0 Å². The van der Waals surface area contributed by atoms with Crippen LogP contribution in [0.2, 0.25) is 5.02 Å². The van der Waals surface area contributed by atoms with Gasteiger partial charge >= 0.3 is 5.97 Å². The van der Waals surface area contributed by atoms with E-state index in [1.165, 1.54) is 0 Å². The summed E-state index contributed by atoms with van der Waals surface area (Å²) in [6.07, 6.45) is 2.75. The van der Waals surface area contributed by atoms with Crippen molar-refractivity contribution in [2.24, 2.45) is 13.0 Å². The Morgan fingerprint density at radius 2 is 2.33 bits per heavy atom. The molecule has 1 aromatic heterocycles. The molecular formula is C12H18ClN3O2. The molecule has 0 spiro atoms. The Labute approximate surface area is 111 Å². The largest absolute Gasteiger partial charge is 0.480 e. The summed E-state index contributed by atoms with van der Waals surface area (Å²) < 4.78 is 1.72. The molecule has 1 heterocycles. The summed E-state index contributed by atoms with van der Waals surface area (Å²) in [7, 11) is 1.83.